The largest absolute Gasteiger partial charge is 0.573 e. The summed E-state index contributed by atoms with van der Waals surface area (Å²) in [7, 11) is 1.53. The van der Waals surface area contributed by atoms with Gasteiger partial charge in [0.15, 0.2) is 0 Å². The smallest absolute Gasteiger partial charge is 0.406 e. The fourth-order valence-corrected chi connectivity index (χ4v) is 1.39. The molecule has 1 unspecified atom stereocenters. The molecule has 0 aliphatic carbocycles. The summed E-state index contributed by atoms with van der Waals surface area (Å²) in [5.74, 6) is -0.423. The molecule has 106 valence electrons. The predicted octanol–water partition coefficient (Wildman–Crippen LogP) is 1.81. The van der Waals surface area contributed by atoms with Crippen molar-refractivity contribution in [2.24, 2.45) is 0 Å². The number of likely N-dealkylation sites (N-methyl/N-ethyl adjacent to an activating group) is 1. The molecular weight excluding hydrogens is 261 g/mol. The molecule has 1 aromatic carbocycles. The normalized spacial score (nSPS) is 12.9. The molecule has 0 aliphatic heterocycles. The quantitative estimate of drug-likeness (QED) is 0.862. The van der Waals surface area contributed by atoms with E-state index in [4.69, 9.17) is 0 Å². The van der Waals surface area contributed by atoms with Gasteiger partial charge in [-0.1, -0.05) is 12.1 Å². The van der Waals surface area contributed by atoms with Crippen LogP contribution in [0.2, 0.25) is 0 Å². The first kappa shape index (κ1) is 15.3. The molecule has 0 aromatic heterocycles. The van der Waals surface area contributed by atoms with Gasteiger partial charge in [-0.15, -0.1) is 13.2 Å². The summed E-state index contributed by atoms with van der Waals surface area (Å²) in [5.41, 5.74) is 0.755. The first-order valence-corrected chi connectivity index (χ1v) is 5.61. The Kier molecular flexibility index (Phi) is 5.17. The molecule has 0 bridgehead atoms. The Hall–Kier alpha value is -1.76. The molecule has 7 heteroatoms. The molecule has 0 saturated heterocycles. The highest BCUT2D eigenvalue weighted by molar-refractivity contribution is 5.80. The number of nitrogens with one attached hydrogen (secondary N) is 2. The van der Waals surface area contributed by atoms with E-state index in [1.165, 1.54) is 31.3 Å². The minimum absolute atomic E-state index is 0.156. The van der Waals surface area contributed by atoms with Gasteiger partial charge < -0.3 is 15.4 Å². The Labute approximate surface area is 108 Å². The Morgan fingerprint density at radius 2 is 1.89 bits per heavy atom. The van der Waals surface area contributed by atoms with E-state index in [9.17, 15) is 18.0 Å². The third-order valence-corrected chi connectivity index (χ3v) is 2.41. The maximum atomic E-state index is 11.9. The number of halogens is 3. The van der Waals surface area contributed by atoms with Crippen LogP contribution in [0.4, 0.5) is 13.2 Å². The monoisotopic (exact) mass is 276 g/mol. The highest BCUT2D eigenvalue weighted by atomic mass is 19.4. The third-order valence-electron chi connectivity index (χ3n) is 2.41. The molecule has 1 aromatic rings. The molecule has 0 aliphatic rings. The lowest BCUT2D eigenvalue weighted by molar-refractivity contribution is -0.274. The fraction of sp³-hybridized carbons (Fsp3) is 0.417. The minimum Gasteiger partial charge on any atom is -0.406 e. The molecular formula is C12H15F3N2O2. The summed E-state index contributed by atoms with van der Waals surface area (Å²) < 4.78 is 39.6. The molecule has 0 radical (unpaired) electrons. The molecule has 0 saturated carbocycles. The van der Waals surface area contributed by atoms with Crippen LogP contribution in [0.15, 0.2) is 24.3 Å². The van der Waals surface area contributed by atoms with Crippen LogP contribution in [-0.2, 0) is 11.3 Å². The summed E-state index contributed by atoms with van der Waals surface area (Å²) >= 11 is 0. The van der Waals surface area contributed by atoms with Gasteiger partial charge in [-0.05, 0) is 24.6 Å². The molecule has 0 fully saturated rings. The first-order valence-electron chi connectivity index (χ1n) is 5.61. The van der Waals surface area contributed by atoms with Gasteiger partial charge in [0.25, 0.3) is 0 Å². The maximum absolute atomic E-state index is 11.9. The van der Waals surface area contributed by atoms with Gasteiger partial charge in [0, 0.05) is 13.6 Å². The van der Waals surface area contributed by atoms with Crippen LogP contribution in [0.3, 0.4) is 0 Å². The molecule has 1 amide bonds. The van der Waals surface area contributed by atoms with E-state index in [0.29, 0.717) is 6.54 Å². The van der Waals surface area contributed by atoms with E-state index in [0.717, 1.165) is 5.56 Å². The van der Waals surface area contributed by atoms with Crippen LogP contribution in [0.5, 0.6) is 5.75 Å². The van der Waals surface area contributed by atoms with Crippen molar-refractivity contribution in [2.45, 2.75) is 25.9 Å². The summed E-state index contributed by atoms with van der Waals surface area (Å²) in [5, 5.41) is 5.43. The van der Waals surface area contributed by atoms with Crippen molar-refractivity contribution in [3.8, 4) is 5.75 Å². The van der Waals surface area contributed by atoms with Crippen molar-refractivity contribution in [3.63, 3.8) is 0 Å². The number of ether oxygens (including phenoxy) is 1. The highest BCUT2D eigenvalue weighted by Crippen LogP contribution is 2.22. The third kappa shape index (κ3) is 5.60. The van der Waals surface area contributed by atoms with Crippen LogP contribution in [-0.4, -0.2) is 25.4 Å². The van der Waals surface area contributed by atoms with Crippen molar-refractivity contribution in [1.82, 2.24) is 10.6 Å². The molecule has 0 spiro atoms. The van der Waals surface area contributed by atoms with Crippen molar-refractivity contribution in [3.05, 3.63) is 29.8 Å². The number of hydrogen-bond acceptors (Lipinski definition) is 3. The average molecular weight is 276 g/mol. The van der Waals surface area contributed by atoms with E-state index >= 15 is 0 Å². The van der Waals surface area contributed by atoms with Crippen molar-refractivity contribution in [2.75, 3.05) is 7.05 Å². The van der Waals surface area contributed by atoms with Gasteiger partial charge >= 0.3 is 6.36 Å². The number of amides is 1. The van der Waals surface area contributed by atoms with Crippen LogP contribution in [0.25, 0.3) is 0 Å². The number of hydrogen-bond donors (Lipinski definition) is 2. The Bertz CT molecular complexity index is 418. The Morgan fingerprint density at radius 1 is 1.32 bits per heavy atom. The summed E-state index contributed by atoms with van der Waals surface area (Å²) in [6.45, 7) is 2.07. The van der Waals surface area contributed by atoms with Gasteiger partial charge in [-0.3, -0.25) is 4.79 Å². The van der Waals surface area contributed by atoms with E-state index in [-0.39, 0.29) is 17.7 Å². The molecule has 0 heterocycles. The van der Waals surface area contributed by atoms with E-state index in [1.54, 1.807) is 6.92 Å². The zero-order valence-electron chi connectivity index (χ0n) is 10.5. The predicted molar refractivity (Wildman–Crippen MR) is 63.5 cm³/mol. The van der Waals surface area contributed by atoms with E-state index in [2.05, 4.69) is 15.4 Å². The summed E-state index contributed by atoms with van der Waals surface area (Å²) in [6, 6.07) is 5.09. The molecule has 2 N–H and O–H groups in total. The minimum atomic E-state index is -4.69. The molecule has 19 heavy (non-hydrogen) atoms. The van der Waals surface area contributed by atoms with Crippen molar-refractivity contribution >= 4 is 5.91 Å². The fourth-order valence-electron chi connectivity index (χ4n) is 1.39. The van der Waals surface area contributed by atoms with Gasteiger partial charge in [0.1, 0.15) is 5.75 Å². The molecule has 1 rings (SSSR count). The number of carbonyl (C=O) groups excluding carboxylic acids is 1. The number of rotatable bonds is 5. The highest BCUT2D eigenvalue weighted by Gasteiger charge is 2.30. The Morgan fingerprint density at radius 3 is 2.37 bits per heavy atom. The van der Waals surface area contributed by atoms with Gasteiger partial charge in [0.05, 0.1) is 6.04 Å². The van der Waals surface area contributed by atoms with Gasteiger partial charge in [0.2, 0.25) is 5.91 Å². The number of carbonyl (C=O) groups is 1. The Balaban J connectivity index is 2.51. The summed E-state index contributed by atoms with van der Waals surface area (Å²) in [6.07, 6.45) is -4.69. The van der Waals surface area contributed by atoms with E-state index < -0.39 is 6.36 Å². The number of benzene rings is 1. The molecule has 4 nitrogen and oxygen atoms in total. The lowest BCUT2D eigenvalue weighted by Gasteiger charge is -2.13. The number of alkyl halides is 3. The second-order valence-corrected chi connectivity index (χ2v) is 3.91. The second-order valence-electron chi connectivity index (χ2n) is 3.91. The van der Waals surface area contributed by atoms with Crippen LogP contribution in [0.1, 0.15) is 12.5 Å². The second kappa shape index (κ2) is 6.42. The lowest BCUT2D eigenvalue weighted by Crippen LogP contribution is -2.40. The summed E-state index contributed by atoms with van der Waals surface area (Å²) in [4.78, 5) is 11.2. The maximum Gasteiger partial charge on any atom is 0.573 e. The van der Waals surface area contributed by atoms with Gasteiger partial charge in [-0.2, -0.15) is 0 Å². The van der Waals surface area contributed by atoms with Crippen LogP contribution < -0.4 is 15.4 Å². The van der Waals surface area contributed by atoms with Gasteiger partial charge in [-0.25, -0.2) is 0 Å². The van der Waals surface area contributed by atoms with Crippen molar-refractivity contribution < 1.29 is 22.7 Å². The SMILES string of the molecule is CNC(=O)C(C)NCc1ccc(OC(F)(F)F)cc1. The van der Waals surface area contributed by atoms with Crippen LogP contribution >= 0.6 is 0 Å². The zero-order valence-corrected chi connectivity index (χ0v) is 10.5. The van der Waals surface area contributed by atoms with Crippen molar-refractivity contribution in [1.29, 1.82) is 0 Å². The van der Waals surface area contributed by atoms with Crippen LogP contribution in [0, 0.1) is 0 Å². The lowest BCUT2D eigenvalue weighted by atomic mass is 10.2. The first-order chi connectivity index (χ1) is 8.81. The zero-order chi connectivity index (χ0) is 14.5. The van der Waals surface area contributed by atoms with E-state index in [1.807, 2.05) is 0 Å². The molecule has 1 atom stereocenters. The average Bonchev–Trinajstić information content (AvgIpc) is 2.34. The standard InChI is InChI=1S/C12H15F3N2O2/c1-8(11(18)16-2)17-7-9-3-5-10(6-4-9)19-12(13,14)15/h3-6,8,17H,7H2,1-2H3,(H,16,18). The topological polar surface area (TPSA) is 50.4 Å².